The third kappa shape index (κ3) is 2.80. The minimum atomic E-state index is -0.180. The lowest BCUT2D eigenvalue weighted by Gasteiger charge is -2.32. The highest BCUT2D eigenvalue weighted by molar-refractivity contribution is 6.21. The maximum atomic E-state index is 12.5. The molecule has 0 radical (unpaired) electrons. The van der Waals surface area contributed by atoms with Gasteiger partial charge in [0.1, 0.15) is 0 Å². The summed E-state index contributed by atoms with van der Waals surface area (Å²) in [5.41, 5.74) is 1.04. The molecule has 3 rings (SSSR count). The van der Waals surface area contributed by atoms with Crippen LogP contribution in [-0.4, -0.2) is 36.0 Å². The average molecular weight is 301 g/mol. The minimum Gasteiger partial charge on any atom is -0.376 e. The van der Waals surface area contributed by atoms with Crippen molar-refractivity contribution in [3.63, 3.8) is 0 Å². The van der Waals surface area contributed by atoms with Crippen molar-refractivity contribution in [1.82, 2.24) is 4.90 Å². The van der Waals surface area contributed by atoms with Gasteiger partial charge in [0.25, 0.3) is 11.8 Å². The summed E-state index contributed by atoms with van der Waals surface area (Å²) in [5.74, 6) is 0.0974. The van der Waals surface area contributed by atoms with Crippen molar-refractivity contribution < 1.29 is 14.3 Å². The molecule has 4 heteroatoms. The zero-order chi connectivity index (χ0) is 15.5. The van der Waals surface area contributed by atoms with Crippen LogP contribution < -0.4 is 0 Å². The first-order valence-electron chi connectivity index (χ1n) is 8.29. The molecule has 1 fully saturated rings. The van der Waals surface area contributed by atoms with Gasteiger partial charge in [0, 0.05) is 6.61 Å². The number of rotatable bonds is 5. The molecule has 0 saturated heterocycles. The molecule has 1 heterocycles. The zero-order valence-electron chi connectivity index (χ0n) is 13.1. The van der Waals surface area contributed by atoms with Gasteiger partial charge in [0.2, 0.25) is 0 Å². The molecule has 1 unspecified atom stereocenters. The normalized spacial score (nSPS) is 20.3. The standard InChI is InChI=1S/C18H23NO3/c1-2-22-16(13-8-4-3-5-9-13)12-19-17(20)14-10-6-7-11-15(14)18(19)21/h6-7,10-11,13,16H,2-5,8-9,12H2,1H3. The maximum Gasteiger partial charge on any atom is 0.261 e. The van der Waals surface area contributed by atoms with Crippen LogP contribution >= 0.6 is 0 Å². The summed E-state index contributed by atoms with van der Waals surface area (Å²) in [6.07, 6.45) is 5.95. The molecule has 1 aromatic rings. The van der Waals surface area contributed by atoms with Crippen molar-refractivity contribution in [2.24, 2.45) is 5.92 Å². The molecule has 22 heavy (non-hydrogen) atoms. The van der Waals surface area contributed by atoms with Crippen molar-refractivity contribution in [1.29, 1.82) is 0 Å². The molecule has 118 valence electrons. The molecular weight excluding hydrogens is 278 g/mol. The van der Waals surface area contributed by atoms with Gasteiger partial charge in [0.05, 0.1) is 23.8 Å². The van der Waals surface area contributed by atoms with Crippen LogP contribution in [0.5, 0.6) is 0 Å². The van der Waals surface area contributed by atoms with E-state index in [1.165, 1.54) is 24.2 Å². The lowest BCUT2D eigenvalue weighted by molar-refractivity contribution is -0.00928. The van der Waals surface area contributed by atoms with Gasteiger partial charge in [-0.1, -0.05) is 31.4 Å². The van der Waals surface area contributed by atoms with Crippen molar-refractivity contribution in [3.05, 3.63) is 35.4 Å². The summed E-state index contributed by atoms with van der Waals surface area (Å²) in [7, 11) is 0. The summed E-state index contributed by atoms with van der Waals surface area (Å²) in [4.78, 5) is 26.3. The van der Waals surface area contributed by atoms with Crippen LogP contribution in [0.3, 0.4) is 0 Å². The molecule has 0 N–H and O–H groups in total. The molecule has 0 spiro atoms. The minimum absolute atomic E-state index is 0.0347. The van der Waals surface area contributed by atoms with Gasteiger partial charge in [-0.3, -0.25) is 14.5 Å². The summed E-state index contributed by atoms with van der Waals surface area (Å²) in [6.45, 7) is 2.97. The van der Waals surface area contributed by atoms with E-state index >= 15 is 0 Å². The number of carbonyl (C=O) groups excluding carboxylic acids is 2. The molecule has 4 nitrogen and oxygen atoms in total. The average Bonchev–Trinajstić information content (AvgIpc) is 2.80. The molecule has 1 aromatic carbocycles. The first-order chi connectivity index (χ1) is 10.7. The molecule has 2 amide bonds. The van der Waals surface area contributed by atoms with Gasteiger partial charge >= 0.3 is 0 Å². The second-order valence-corrected chi connectivity index (χ2v) is 6.16. The number of nitrogens with zero attached hydrogens (tertiary/aromatic N) is 1. The van der Waals surface area contributed by atoms with Crippen LogP contribution in [0.25, 0.3) is 0 Å². The Morgan fingerprint density at radius 1 is 1.09 bits per heavy atom. The fraction of sp³-hybridized carbons (Fsp3) is 0.556. The first-order valence-corrected chi connectivity index (χ1v) is 8.29. The first kappa shape index (κ1) is 15.2. The number of fused-ring (bicyclic) bond motifs is 1. The van der Waals surface area contributed by atoms with E-state index in [2.05, 4.69) is 0 Å². The van der Waals surface area contributed by atoms with E-state index in [1.54, 1.807) is 24.3 Å². The zero-order valence-corrected chi connectivity index (χ0v) is 13.1. The molecule has 2 aliphatic rings. The second kappa shape index (κ2) is 6.61. The third-order valence-electron chi connectivity index (χ3n) is 4.80. The van der Waals surface area contributed by atoms with Crippen LogP contribution in [0.2, 0.25) is 0 Å². The lowest BCUT2D eigenvalue weighted by atomic mass is 9.85. The molecule has 0 bridgehead atoms. The Morgan fingerprint density at radius 2 is 1.68 bits per heavy atom. The van der Waals surface area contributed by atoms with Crippen molar-refractivity contribution >= 4 is 11.8 Å². The van der Waals surface area contributed by atoms with Crippen LogP contribution in [0, 0.1) is 5.92 Å². The Hall–Kier alpha value is -1.68. The Labute approximate surface area is 131 Å². The molecule has 0 aromatic heterocycles. The smallest absolute Gasteiger partial charge is 0.261 e. The van der Waals surface area contributed by atoms with E-state index in [0.29, 0.717) is 30.2 Å². The van der Waals surface area contributed by atoms with Crippen molar-refractivity contribution in [2.75, 3.05) is 13.2 Å². The van der Waals surface area contributed by atoms with E-state index in [4.69, 9.17) is 4.74 Å². The number of hydrogen-bond acceptors (Lipinski definition) is 3. The highest BCUT2D eigenvalue weighted by atomic mass is 16.5. The van der Waals surface area contributed by atoms with Crippen molar-refractivity contribution in [2.45, 2.75) is 45.1 Å². The Balaban J connectivity index is 1.76. The van der Waals surface area contributed by atoms with E-state index < -0.39 is 0 Å². The number of ether oxygens (including phenoxy) is 1. The quantitative estimate of drug-likeness (QED) is 0.784. The Morgan fingerprint density at radius 3 is 2.23 bits per heavy atom. The lowest BCUT2D eigenvalue weighted by Crippen LogP contribution is -2.42. The van der Waals surface area contributed by atoms with Gasteiger partial charge in [0.15, 0.2) is 0 Å². The summed E-state index contributed by atoms with van der Waals surface area (Å²) in [5, 5.41) is 0. The summed E-state index contributed by atoms with van der Waals surface area (Å²) in [6, 6.07) is 7.06. The van der Waals surface area contributed by atoms with Crippen molar-refractivity contribution in [3.8, 4) is 0 Å². The van der Waals surface area contributed by atoms with Crippen LogP contribution in [-0.2, 0) is 4.74 Å². The van der Waals surface area contributed by atoms with Gasteiger partial charge in [-0.15, -0.1) is 0 Å². The highest BCUT2D eigenvalue weighted by Crippen LogP contribution is 2.30. The molecular formula is C18H23NO3. The molecule has 1 saturated carbocycles. The van der Waals surface area contributed by atoms with Gasteiger partial charge in [-0.05, 0) is 37.8 Å². The number of benzene rings is 1. The SMILES string of the molecule is CCOC(CN1C(=O)c2ccccc2C1=O)C1CCCCC1. The molecule has 1 aliphatic heterocycles. The van der Waals surface area contributed by atoms with E-state index in [0.717, 1.165) is 12.8 Å². The predicted octanol–water partition coefficient (Wildman–Crippen LogP) is 3.27. The number of amides is 2. The van der Waals surface area contributed by atoms with E-state index in [-0.39, 0.29) is 17.9 Å². The monoisotopic (exact) mass is 301 g/mol. The Bertz CT molecular complexity index is 528. The fourth-order valence-electron chi connectivity index (χ4n) is 3.64. The molecule has 1 atom stereocenters. The van der Waals surface area contributed by atoms with Crippen LogP contribution in [0.4, 0.5) is 0 Å². The van der Waals surface area contributed by atoms with Gasteiger partial charge in [-0.25, -0.2) is 0 Å². The van der Waals surface area contributed by atoms with E-state index in [1.807, 2.05) is 6.92 Å². The van der Waals surface area contributed by atoms with Crippen LogP contribution in [0.15, 0.2) is 24.3 Å². The molecule has 1 aliphatic carbocycles. The maximum absolute atomic E-state index is 12.5. The van der Waals surface area contributed by atoms with Gasteiger partial charge < -0.3 is 4.74 Å². The number of carbonyl (C=O) groups is 2. The summed E-state index contributed by atoms with van der Waals surface area (Å²) < 4.78 is 5.89. The van der Waals surface area contributed by atoms with E-state index in [9.17, 15) is 9.59 Å². The summed E-state index contributed by atoms with van der Waals surface area (Å²) >= 11 is 0. The number of imide groups is 1. The third-order valence-corrected chi connectivity index (χ3v) is 4.80. The van der Waals surface area contributed by atoms with Crippen LogP contribution in [0.1, 0.15) is 59.7 Å². The highest BCUT2D eigenvalue weighted by Gasteiger charge is 2.38. The second-order valence-electron chi connectivity index (χ2n) is 6.16. The largest absolute Gasteiger partial charge is 0.376 e. The Kier molecular flexibility index (Phi) is 4.57. The number of hydrogen-bond donors (Lipinski definition) is 0. The fourth-order valence-corrected chi connectivity index (χ4v) is 3.64. The topological polar surface area (TPSA) is 46.6 Å². The predicted molar refractivity (Wildman–Crippen MR) is 83.8 cm³/mol. The van der Waals surface area contributed by atoms with Gasteiger partial charge in [-0.2, -0.15) is 0 Å².